The number of carbonyl (C=O) groups is 2. The monoisotopic (exact) mass is 275 g/mol. The van der Waals surface area contributed by atoms with E-state index >= 15 is 0 Å². The Hall–Kier alpha value is -1.68. The number of nitrogens with zero attached hydrogens (tertiary/aromatic N) is 1. The highest BCUT2D eigenvalue weighted by Gasteiger charge is 2.39. The van der Waals surface area contributed by atoms with Gasteiger partial charge >= 0.3 is 5.97 Å². The van der Waals surface area contributed by atoms with Crippen molar-refractivity contribution in [1.82, 2.24) is 4.90 Å². The van der Waals surface area contributed by atoms with Crippen molar-refractivity contribution in [3.8, 4) is 5.75 Å². The Balaban J connectivity index is 2.35. The maximum atomic E-state index is 12.2. The van der Waals surface area contributed by atoms with Crippen molar-refractivity contribution in [2.24, 2.45) is 0 Å². The van der Waals surface area contributed by atoms with E-state index in [1.165, 1.54) is 6.92 Å². The summed E-state index contributed by atoms with van der Waals surface area (Å²) in [7, 11) is 2.07. The lowest BCUT2D eigenvalue weighted by Gasteiger charge is -2.39. The maximum absolute atomic E-state index is 12.2. The first-order valence-electron chi connectivity index (χ1n) is 6.92. The van der Waals surface area contributed by atoms with Gasteiger partial charge in [-0.25, -0.2) is 0 Å². The van der Waals surface area contributed by atoms with Gasteiger partial charge in [0.25, 0.3) is 0 Å². The molecule has 108 valence electrons. The molecule has 1 aliphatic rings. The molecule has 0 unspecified atom stereocenters. The lowest BCUT2D eigenvalue weighted by atomic mass is 9.70. The molecule has 2 rings (SSSR count). The zero-order valence-electron chi connectivity index (χ0n) is 12.3. The van der Waals surface area contributed by atoms with Gasteiger partial charge in [-0.2, -0.15) is 0 Å². The summed E-state index contributed by atoms with van der Waals surface area (Å²) in [5.41, 5.74) is 0.514. The van der Waals surface area contributed by atoms with Crippen LogP contribution in [-0.2, 0) is 15.0 Å². The van der Waals surface area contributed by atoms with E-state index in [0.717, 1.165) is 31.5 Å². The molecule has 0 N–H and O–H groups in total. The largest absolute Gasteiger partial charge is 0.427 e. The fourth-order valence-electron chi connectivity index (χ4n) is 2.87. The molecule has 0 amide bonds. The number of ketones is 1. The van der Waals surface area contributed by atoms with Gasteiger partial charge in [0.05, 0.1) is 5.41 Å². The Kier molecular flexibility index (Phi) is 4.23. The van der Waals surface area contributed by atoms with Crippen LogP contribution < -0.4 is 4.74 Å². The van der Waals surface area contributed by atoms with E-state index in [9.17, 15) is 9.59 Å². The number of piperidine rings is 1. The van der Waals surface area contributed by atoms with Crippen LogP contribution in [-0.4, -0.2) is 36.8 Å². The van der Waals surface area contributed by atoms with Gasteiger partial charge in [-0.1, -0.05) is 12.1 Å². The molecule has 1 fully saturated rings. The summed E-state index contributed by atoms with van der Waals surface area (Å²) >= 11 is 0. The Morgan fingerprint density at radius 3 is 2.40 bits per heavy atom. The second-order valence-electron chi connectivity index (χ2n) is 5.56. The van der Waals surface area contributed by atoms with E-state index in [0.29, 0.717) is 5.75 Å². The van der Waals surface area contributed by atoms with Crippen LogP contribution in [0.25, 0.3) is 0 Å². The summed E-state index contributed by atoms with van der Waals surface area (Å²) in [6, 6.07) is 7.37. The zero-order chi connectivity index (χ0) is 14.8. The van der Waals surface area contributed by atoms with E-state index in [1.54, 1.807) is 13.0 Å². The molecule has 0 aliphatic carbocycles. The van der Waals surface area contributed by atoms with Crippen LogP contribution in [0.3, 0.4) is 0 Å². The third-order valence-electron chi connectivity index (χ3n) is 4.16. The summed E-state index contributed by atoms with van der Waals surface area (Å²) in [4.78, 5) is 25.5. The third-order valence-corrected chi connectivity index (χ3v) is 4.16. The minimum absolute atomic E-state index is 0.186. The molecule has 1 saturated heterocycles. The first-order valence-corrected chi connectivity index (χ1v) is 6.92. The van der Waals surface area contributed by atoms with Crippen molar-refractivity contribution in [3.63, 3.8) is 0 Å². The summed E-state index contributed by atoms with van der Waals surface area (Å²) in [6.45, 7) is 4.83. The number of benzene rings is 1. The molecule has 0 bridgehead atoms. The number of ether oxygens (including phenoxy) is 1. The Morgan fingerprint density at radius 2 is 1.85 bits per heavy atom. The Morgan fingerprint density at radius 1 is 1.20 bits per heavy atom. The standard InChI is InChI=1S/C16H21NO3/c1-12(18)16(7-9-17(3)10-8-16)14-5-4-6-15(11-14)20-13(2)19/h4-6,11H,7-10H2,1-3H3. The number of esters is 1. The molecule has 1 heterocycles. The van der Waals surface area contributed by atoms with Crippen molar-refractivity contribution in [3.05, 3.63) is 29.8 Å². The van der Waals surface area contributed by atoms with Gasteiger partial charge < -0.3 is 9.64 Å². The molecule has 4 heteroatoms. The molecule has 0 radical (unpaired) electrons. The second-order valence-corrected chi connectivity index (χ2v) is 5.56. The summed E-state index contributed by atoms with van der Waals surface area (Å²) < 4.78 is 5.13. The van der Waals surface area contributed by atoms with E-state index in [4.69, 9.17) is 4.74 Å². The number of likely N-dealkylation sites (tertiary alicyclic amines) is 1. The highest BCUT2D eigenvalue weighted by Crippen LogP contribution is 2.37. The number of hydrogen-bond donors (Lipinski definition) is 0. The van der Waals surface area contributed by atoms with Gasteiger partial charge in [0.1, 0.15) is 11.5 Å². The predicted octanol–water partition coefficient (Wildman–Crippen LogP) is 2.16. The van der Waals surface area contributed by atoms with Gasteiger partial charge in [-0.15, -0.1) is 0 Å². The normalized spacial score (nSPS) is 18.6. The minimum atomic E-state index is -0.442. The molecular weight excluding hydrogens is 254 g/mol. The zero-order valence-corrected chi connectivity index (χ0v) is 12.3. The summed E-state index contributed by atoms with van der Waals surface area (Å²) in [6.07, 6.45) is 1.62. The fourth-order valence-corrected chi connectivity index (χ4v) is 2.87. The quantitative estimate of drug-likeness (QED) is 0.626. The molecule has 1 aromatic carbocycles. The van der Waals surface area contributed by atoms with Gasteiger partial charge in [0, 0.05) is 6.92 Å². The van der Waals surface area contributed by atoms with Crippen LogP contribution in [0.4, 0.5) is 0 Å². The molecule has 20 heavy (non-hydrogen) atoms. The van der Waals surface area contributed by atoms with E-state index in [1.807, 2.05) is 18.2 Å². The lowest BCUT2D eigenvalue weighted by molar-refractivity contribution is -0.131. The van der Waals surface area contributed by atoms with Crippen LogP contribution in [0, 0.1) is 0 Å². The molecule has 0 saturated carbocycles. The predicted molar refractivity (Wildman–Crippen MR) is 76.8 cm³/mol. The topological polar surface area (TPSA) is 46.6 Å². The van der Waals surface area contributed by atoms with Crippen LogP contribution in [0.1, 0.15) is 32.3 Å². The molecule has 0 aromatic heterocycles. The number of rotatable bonds is 3. The first kappa shape index (κ1) is 14.7. The maximum Gasteiger partial charge on any atom is 0.308 e. The summed E-state index contributed by atoms with van der Waals surface area (Å²) in [5, 5.41) is 0. The van der Waals surface area contributed by atoms with Crippen molar-refractivity contribution in [1.29, 1.82) is 0 Å². The average molecular weight is 275 g/mol. The van der Waals surface area contributed by atoms with E-state index in [2.05, 4.69) is 11.9 Å². The third kappa shape index (κ3) is 2.90. The SMILES string of the molecule is CC(=O)Oc1cccc(C2(C(C)=O)CCN(C)CC2)c1. The van der Waals surface area contributed by atoms with Crippen molar-refractivity contribution < 1.29 is 14.3 Å². The minimum Gasteiger partial charge on any atom is -0.427 e. The average Bonchev–Trinajstić information content (AvgIpc) is 2.39. The van der Waals surface area contributed by atoms with Gasteiger partial charge in [0.15, 0.2) is 0 Å². The smallest absolute Gasteiger partial charge is 0.308 e. The van der Waals surface area contributed by atoms with Gasteiger partial charge in [0.2, 0.25) is 0 Å². The number of hydrogen-bond acceptors (Lipinski definition) is 4. The molecule has 4 nitrogen and oxygen atoms in total. The molecule has 0 spiro atoms. The fraction of sp³-hybridized carbons (Fsp3) is 0.500. The van der Waals surface area contributed by atoms with Crippen LogP contribution in [0.2, 0.25) is 0 Å². The van der Waals surface area contributed by atoms with Crippen LogP contribution in [0.5, 0.6) is 5.75 Å². The molecule has 1 aromatic rings. The van der Waals surface area contributed by atoms with Crippen molar-refractivity contribution in [2.45, 2.75) is 32.1 Å². The van der Waals surface area contributed by atoms with Gasteiger partial charge in [-0.3, -0.25) is 9.59 Å². The lowest BCUT2D eigenvalue weighted by Crippen LogP contribution is -2.45. The van der Waals surface area contributed by atoms with Gasteiger partial charge in [-0.05, 0) is 57.6 Å². The highest BCUT2D eigenvalue weighted by atomic mass is 16.5. The molecule has 0 atom stereocenters. The van der Waals surface area contributed by atoms with Crippen LogP contribution >= 0.6 is 0 Å². The van der Waals surface area contributed by atoms with Crippen molar-refractivity contribution >= 4 is 11.8 Å². The second kappa shape index (κ2) is 5.75. The molecular formula is C16H21NO3. The summed E-state index contributed by atoms with van der Waals surface area (Å²) in [5.74, 6) is 0.350. The number of Topliss-reactive ketones (excluding diaryl/α,β-unsaturated/α-hetero) is 1. The molecule has 1 aliphatic heterocycles. The number of carbonyl (C=O) groups excluding carboxylic acids is 2. The van der Waals surface area contributed by atoms with E-state index in [-0.39, 0.29) is 11.8 Å². The highest BCUT2D eigenvalue weighted by molar-refractivity contribution is 5.88. The first-order chi connectivity index (χ1) is 9.44. The van der Waals surface area contributed by atoms with Crippen molar-refractivity contribution in [2.75, 3.05) is 20.1 Å². The van der Waals surface area contributed by atoms with Crippen LogP contribution in [0.15, 0.2) is 24.3 Å². The Bertz CT molecular complexity index is 516. The Labute approximate surface area is 119 Å². The van der Waals surface area contributed by atoms with E-state index < -0.39 is 5.41 Å².